The molecule has 1 aliphatic carbocycles. The maximum absolute atomic E-state index is 12.8. The number of carbonyl (C=O) groups is 2. The highest BCUT2D eigenvalue weighted by Gasteiger charge is 2.30. The Hall–Kier alpha value is -1.36. The van der Waals surface area contributed by atoms with Crippen LogP contribution in [0.4, 0.5) is 0 Å². The van der Waals surface area contributed by atoms with Gasteiger partial charge in [0.15, 0.2) is 0 Å². The van der Waals surface area contributed by atoms with E-state index in [1.807, 2.05) is 11.0 Å². The average Bonchev–Trinajstić information content (AvgIpc) is 3.07. The highest BCUT2D eigenvalue weighted by molar-refractivity contribution is 5.97. The second kappa shape index (κ2) is 8.48. The molecular formula is C18H30N2O3. The number of likely N-dealkylation sites (tertiary alicyclic amines) is 1. The third-order valence-corrected chi connectivity index (χ3v) is 4.83. The van der Waals surface area contributed by atoms with Crippen molar-refractivity contribution in [1.82, 2.24) is 10.2 Å². The Bertz CT molecular complexity index is 451. The summed E-state index contributed by atoms with van der Waals surface area (Å²) in [5.74, 6) is 0.603. The molecule has 0 aromatic heterocycles. The summed E-state index contributed by atoms with van der Waals surface area (Å²) in [6.07, 6.45) is 7.14. The van der Waals surface area contributed by atoms with Gasteiger partial charge < -0.3 is 15.3 Å². The van der Waals surface area contributed by atoms with Crippen LogP contribution in [-0.2, 0) is 9.59 Å². The fourth-order valence-corrected chi connectivity index (χ4v) is 3.38. The van der Waals surface area contributed by atoms with Gasteiger partial charge in [0.25, 0.3) is 0 Å². The van der Waals surface area contributed by atoms with Crippen LogP contribution in [0.15, 0.2) is 11.6 Å². The van der Waals surface area contributed by atoms with Gasteiger partial charge in [-0.3, -0.25) is 9.59 Å². The molecule has 2 rings (SSSR count). The summed E-state index contributed by atoms with van der Waals surface area (Å²) in [7, 11) is 0. The zero-order valence-electron chi connectivity index (χ0n) is 14.4. The predicted molar refractivity (Wildman–Crippen MR) is 89.7 cm³/mol. The van der Waals surface area contributed by atoms with Crippen molar-refractivity contribution in [3.05, 3.63) is 11.6 Å². The molecule has 1 saturated heterocycles. The van der Waals surface area contributed by atoms with Crippen molar-refractivity contribution >= 4 is 11.8 Å². The SMILES string of the molecule is CC(C)C[C@H](NC(=O)C1=CCCC1)C(=O)N1CCC(CO)CC1. The van der Waals surface area contributed by atoms with E-state index >= 15 is 0 Å². The Morgan fingerprint density at radius 1 is 1.35 bits per heavy atom. The second-order valence-electron chi connectivity index (χ2n) is 7.23. The highest BCUT2D eigenvalue weighted by Crippen LogP contribution is 2.20. The molecule has 130 valence electrons. The van der Waals surface area contributed by atoms with Crippen LogP contribution in [0, 0.1) is 11.8 Å². The van der Waals surface area contributed by atoms with E-state index in [9.17, 15) is 14.7 Å². The Morgan fingerprint density at radius 3 is 2.57 bits per heavy atom. The van der Waals surface area contributed by atoms with Gasteiger partial charge in [0, 0.05) is 25.3 Å². The van der Waals surface area contributed by atoms with Gasteiger partial charge in [0.2, 0.25) is 11.8 Å². The summed E-state index contributed by atoms with van der Waals surface area (Å²) in [4.78, 5) is 27.0. The number of amides is 2. The third kappa shape index (κ3) is 5.06. The smallest absolute Gasteiger partial charge is 0.247 e. The summed E-state index contributed by atoms with van der Waals surface area (Å²) in [6.45, 7) is 5.69. The van der Waals surface area contributed by atoms with E-state index < -0.39 is 6.04 Å². The van der Waals surface area contributed by atoms with Crippen LogP contribution in [0.25, 0.3) is 0 Å². The summed E-state index contributed by atoms with van der Waals surface area (Å²) < 4.78 is 0. The van der Waals surface area contributed by atoms with Gasteiger partial charge in [-0.1, -0.05) is 19.9 Å². The normalized spacial score (nSPS) is 20.5. The van der Waals surface area contributed by atoms with Crippen LogP contribution in [0.5, 0.6) is 0 Å². The van der Waals surface area contributed by atoms with E-state index in [-0.39, 0.29) is 18.4 Å². The lowest BCUT2D eigenvalue weighted by molar-refractivity contribution is -0.137. The number of piperidine rings is 1. The molecule has 0 radical (unpaired) electrons. The number of rotatable bonds is 6. The molecule has 1 atom stereocenters. The van der Waals surface area contributed by atoms with Gasteiger partial charge in [-0.15, -0.1) is 0 Å². The zero-order valence-corrected chi connectivity index (χ0v) is 14.4. The fraction of sp³-hybridized carbons (Fsp3) is 0.778. The average molecular weight is 322 g/mol. The summed E-state index contributed by atoms with van der Waals surface area (Å²) in [5.41, 5.74) is 0.825. The van der Waals surface area contributed by atoms with Gasteiger partial charge in [-0.25, -0.2) is 0 Å². The third-order valence-electron chi connectivity index (χ3n) is 4.83. The van der Waals surface area contributed by atoms with E-state index in [1.54, 1.807) is 0 Å². The number of hydrogen-bond donors (Lipinski definition) is 2. The lowest BCUT2D eigenvalue weighted by atomic mass is 9.96. The molecule has 23 heavy (non-hydrogen) atoms. The molecule has 5 heteroatoms. The van der Waals surface area contributed by atoms with Crippen LogP contribution in [0.1, 0.15) is 52.4 Å². The predicted octanol–water partition coefficient (Wildman–Crippen LogP) is 1.86. The minimum atomic E-state index is -0.435. The van der Waals surface area contributed by atoms with E-state index in [0.717, 1.165) is 37.7 Å². The summed E-state index contributed by atoms with van der Waals surface area (Å²) >= 11 is 0. The topological polar surface area (TPSA) is 69.6 Å². The first kappa shape index (κ1) is 18.0. The largest absolute Gasteiger partial charge is 0.396 e. The van der Waals surface area contributed by atoms with Gasteiger partial charge in [-0.2, -0.15) is 0 Å². The molecule has 5 nitrogen and oxygen atoms in total. The van der Waals surface area contributed by atoms with Crippen molar-refractivity contribution in [2.75, 3.05) is 19.7 Å². The molecule has 2 amide bonds. The van der Waals surface area contributed by atoms with Gasteiger partial charge in [0.05, 0.1) is 0 Å². The number of aliphatic hydroxyl groups excluding tert-OH is 1. The first-order valence-electron chi connectivity index (χ1n) is 8.90. The molecule has 0 aromatic rings. The Balaban J connectivity index is 1.96. The van der Waals surface area contributed by atoms with E-state index in [2.05, 4.69) is 19.2 Å². The molecular weight excluding hydrogens is 292 g/mol. The number of nitrogens with zero attached hydrogens (tertiary/aromatic N) is 1. The first-order valence-corrected chi connectivity index (χ1v) is 8.90. The van der Waals surface area contributed by atoms with Crippen LogP contribution in [0.2, 0.25) is 0 Å². The van der Waals surface area contributed by atoms with Crippen molar-refractivity contribution < 1.29 is 14.7 Å². The summed E-state index contributed by atoms with van der Waals surface area (Å²) in [6, 6.07) is -0.435. The number of nitrogens with one attached hydrogen (secondary N) is 1. The zero-order chi connectivity index (χ0) is 16.8. The Morgan fingerprint density at radius 2 is 2.04 bits per heavy atom. The number of aliphatic hydroxyl groups is 1. The molecule has 1 heterocycles. The number of allylic oxidation sites excluding steroid dienone is 1. The molecule has 0 bridgehead atoms. The highest BCUT2D eigenvalue weighted by atomic mass is 16.3. The maximum atomic E-state index is 12.8. The number of hydrogen-bond acceptors (Lipinski definition) is 3. The van der Waals surface area contributed by atoms with Crippen molar-refractivity contribution in [3.63, 3.8) is 0 Å². The van der Waals surface area contributed by atoms with Gasteiger partial charge in [0.1, 0.15) is 6.04 Å². The van der Waals surface area contributed by atoms with Crippen LogP contribution in [0.3, 0.4) is 0 Å². The Kier molecular flexibility index (Phi) is 6.63. The first-order chi connectivity index (χ1) is 11.0. The molecule has 0 aromatic carbocycles. The molecule has 2 N–H and O–H groups in total. The van der Waals surface area contributed by atoms with Crippen LogP contribution >= 0.6 is 0 Å². The van der Waals surface area contributed by atoms with Crippen molar-refractivity contribution in [2.45, 2.75) is 58.4 Å². The molecule has 0 unspecified atom stereocenters. The van der Waals surface area contributed by atoms with Gasteiger partial charge in [-0.05, 0) is 50.4 Å². The minimum absolute atomic E-state index is 0.0297. The lowest BCUT2D eigenvalue weighted by Gasteiger charge is -2.34. The standard InChI is InChI=1S/C18H30N2O3/c1-13(2)11-16(19-17(22)15-5-3-4-6-15)18(23)20-9-7-14(12-21)8-10-20/h5,13-14,16,21H,3-4,6-12H2,1-2H3,(H,19,22)/t16-/m0/s1. The fourth-order valence-electron chi connectivity index (χ4n) is 3.38. The lowest BCUT2D eigenvalue weighted by Crippen LogP contribution is -2.51. The Labute approximate surface area is 139 Å². The van der Waals surface area contributed by atoms with E-state index in [4.69, 9.17) is 0 Å². The van der Waals surface area contributed by atoms with Crippen molar-refractivity contribution in [1.29, 1.82) is 0 Å². The van der Waals surface area contributed by atoms with Crippen molar-refractivity contribution in [2.24, 2.45) is 11.8 Å². The molecule has 1 fully saturated rings. The monoisotopic (exact) mass is 322 g/mol. The molecule has 0 saturated carbocycles. The molecule has 1 aliphatic heterocycles. The maximum Gasteiger partial charge on any atom is 0.247 e. The number of carbonyl (C=O) groups excluding carboxylic acids is 2. The molecule has 2 aliphatic rings. The molecule has 0 spiro atoms. The van der Waals surface area contributed by atoms with Gasteiger partial charge >= 0.3 is 0 Å². The quantitative estimate of drug-likeness (QED) is 0.784. The van der Waals surface area contributed by atoms with E-state index in [0.29, 0.717) is 31.3 Å². The van der Waals surface area contributed by atoms with Crippen LogP contribution < -0.4 is 5.32 Å². The summed E-state index contributed by atoms with van der Waals surface area (Å²) in [5, 5.41) is 12.2. The van der Waals surface area contributed by atoms with Crippen LogP contribution in [-0.4, -0.2) is 47.6 Å². The minimum Gasteiger partial charge on any atom is -0.396 e. The van der Waals surface area contributed by atoms with E-state index in [1.165, 1.54) is 0 Å². The second-order valence-corrected chi connectivity index (χ2v) is 7.23. The van der Waals surface area contributed by atoms with Crippen molar-refractivity contribution in [3.8, 4) is 0 Å².